The third-order valence-corrected chi connectivity index (χ3v) is 6.97. The number of halogens is 1. The van der Waals surface area contributed by atoms with E-state index in [-0.39, 0.29) is 18.8 Å². The molecule has 0 aliphatic heterocycles. The first-order chi connectivity index (χ1) is 21.3. The van der Waals surface area contributed by atoms with Gasteiger partial charge in [0.25, 0.3) is 5.09 Å². The zero-order valence-corrected chi connectivity index (χ0v) is 24.5. The Bertz CT molecular complexity index is 1670. The summed E-state index contributed by atoms with van der Waals surface area (Å²) in [6.45, 7) is 2.45. The molecule has 5 rings (SSSR count). The molecule has 3 aromatic carbocycles. The van der Waals surface area contributed by atoms with E-state index in [2.05, 4.69) is 61.6 Å². The Morgan fingerprint density at radius 2 is 1.73 bits per heavy atom. The standard InChI is InChI=1S/C22H23ClN6O.C8H7NO5/c1-2-3-8-20-24-21(23)19(14-30)29(20)13-15-9-11-16(12-10-15)17-6-4-5-7-18(17)22-25-27-28-26-22;10-8(11)7-3-1-6(2-4-7)5-14-9(12)13/h4-7,9-12,30H,2-3,8,13-14H2,1H3,(H,25,26,27,28);1-4H,5H2,(H,10,11). The SMILES string of the molecule is CCCCc1nc(Cl)c(CO)n1Cc1ccc(-c2ccccc2-c2nn[nH]n2)cc1.O=C(O)c1ccc(CO[N+](=O)[O-])cc1. The van der Waals surface area contributed by atoms with Crippen molar-refractivity contribution in [3.63, 3.8) is 0 Å². The van der Waals surface area contributed by atoms with Crippen molar-refractivity contribution in [2.75, 3.05) is 0 Å². The van der Waals surface area contributed by atoms with Crippen LogP contribution in [0, 0.1) is 10.1 Å². The van der Waals surface area contributed by atoms with E-state index in [4.69, 9.17) is 16.7 Å². The first kappa shape index (κ1) is 31.8. The summed E-state index contributed by atoms with van der Waals surface area (Å²) in [5.74, 6) is 0.445. The van der Waals surface area contributed by atoms with E-state index < -0.39 is 11.1 Å². The Morgan fingerprint density at radius 1 is 1.05 bits per heavy atom. The minimum Gasteiger partial charge on any atom is -0.478 e. The highest BCUT2D eigenvalue weighted by atomic mass is 35.5. The van der Waals surface area contributed by atoms with Crippen LogP contribution in [0.1, 0.15) is 52.8 Å². The number of aromatic carboxylic acids is 1. The number of H-pyrrole nitrogens is 1. The molecule has 5 aromatic rings. The van der Waals surface area contributed by atoms with Crippen LogP contribution in [0.3, 0.4) is 0 Å². The number of benzene rings is 3. The number of tetrazole rings is 1. The lowest BCUT2D eigenvalue weighted by atomic mass is 9.98. The predicted octanol–water partition coefficient (Wildman–Crippen LogP) is 5.36. The molecule has 44 heavy (non-hydrogen) atoms. The molecule has 2 aromatic heterocycles. The molecular weight excluding hydrogens is 590 g/mol. The van der Waals surface area contributed by atoms with Gasteiger partial charge in [-0.3, -0.25) is 0 Å². The van der Waals surface area contributed by atoms with Gasteiger partial charge in [0.15, 0.2) is 5.15 Å². The number of carbonyl (C=O) groups is 1. The van der Waals surface area contributed by atoms with Gasteiger partial charge in [-0.2, -0.15) is 5.21 Å². The van der Waals surface area contributed by atoms with E-state index in [1.807, 2.05) is 28.8 Å². The number of hydrogen-bond donors (Lipinski definition) is 3. The minimum absolute atomic E-state index is 0.131. The van der Waals surface area contributed by atoms with Gasteiger partial charge >= 0.3 is 5.97 Å². The summed E-state index contributed by atoms with van der Waals surface area (Å²) in [7, 11) is 0. The molecule has 0 aliphatic carbocycles. The van der Waals surface area contributed by atoms with Crippen LogP contribution in [0.5, 0.6) is 0 Å². The maximum atomic E-state index is 10.4. The number of nitrogens with one attached hydrogen (secondary N) is 1. The monoisotopic (exact) mass is 619 g/mol. The van der Waals surface area contributed by atoms with Gasteiger partial charge in [0, 0.05) is 18.5 Å². The molecule has 13 nitrogen and oxygen atoms in total. The van der Waals surface area contributed by atoms with E-state index >= 15 is 0 Å². The Morgan fingerprint density at radius 3 is 2.32 bits per heavy atom. The number of carboxylic acid groups (broad SMARTS) is 1. The number of rotatable bonds is 12. The highest BCUT2D eigenvalue weighted by molar-refractivity contribution is 6.30. The van der Waals surface area contributed by atoms with Gasteiger partial charge in [0.05, 0.1) is 17.9 Å². The Kier molecular flexibility index (Phi) is 11.1. The first-order valence-corrected chi connectivity index (χ1v) is 14.0. The largest absolute Gasteiger partial charge is 0.478 e. The van der Waals surface area contributed by atoms with Gasteiger partial charge in [-0.1, -0.05) is 85.6 Å². The molecule has 0 saturated carbocycles. The summed E-state index contributed by atoms with van der Waals surface area (Å²) in [5, 5.41) is 42.0. The average molecular weight is 620 g/mol. The topological polar surface area (TPSA) is 182 Å². The van der Waals surface area contributed by atoms with E-state index in [0.717, 1.165) is 47.3 Å². The van der Waals surface area contributed by atoms with E-state index in [0.29, 0.717) is 28.8 Å². The van der Waals surface area contributed by atoms with Crippen molar-refractivity contribution in [2.24, 2.45) is 0 Å². The fraction of sp³-hybridized carbons (Fsp3) is 0.233. The maximum Gasteiger partial charge on any atom is 0.335 e. The molecule has 0 spiro atoms. The number of aromatic nitrogens is 6. The van der Waals surface area contributed by atoms with Gasteiger partial charge in [-0.25, -0.2) is 9.78 Å². The van der Waals surface area contributed by atoms with E-state index in [1.54, 1.807) is 0 Å². The normalized spacial score (nSPS) is 10.6. The van der Waals surface area contributed by atoms with Crippen LogP contribution in [0.25, 0.3) is 22.5 Å². The highest BCUT2D eigenvalue weighted by Gasteiger charge is 2.16. The summed E-state index contributed by atoms with van der Waals surface area (Å²) >= 11 is 6.26. The van der Waals surface area contributed by atoms with Gasteiger partial charge < -0.3 is 19.6 Å². The molecular formula is C30H30ClN7O6. The third-order valence-electron chi connectivity index (χ3n) is 6.66. The number of aryl methyl sites for hydroxylation is 1. The van der Waals surface area contributed by atoms with Crippen LogP contribution in [-0.2, 0) is 31.0 Å². The highest BCUT2D eigenvalue weighted by Crippen LogP contribution is 2.30. The quantitative estimate of drug-likeness (QED) is 0.121. The number of carboxylic acids is 1. The summed E-state index contributed by atoms with van der Waals surface area (Å²) in [6, 6.07) is 22.0. The second-order valence-electron chi connectivity index (χ2n) is 9.59. The van der Waals surface area contributed by atoms with Crippen molar-refractivity contribution in [1.82, 2.24) is 30.2 Å². The Balaban J connectivity index is 0.000000265. The number of aliphatic hydroxyl groups excluding tert-OH is 1. The van der Waals surface area contributed by atoms with Crippen molar-refractivity contribution >= 4 is 17.6 Å². The molecule has 0 fully saturated rings. The predicted molar refractivity (Wildman–Crippen MR) is 161 cm³/mol. The number of imidazole rings is 1. The zero-order valence-electron chi connectivity index (χ0n) is 23.8. The van der Waals surface area contributed by atoms with E-state index in [1.165, 1.54) is 24.3 Å². The molecule has 0 aliphatic rings. The second kappa shape index (κ2) is 15.4. The molecule has 2 heterocycles. The summed E-state index contributed by atoms with van der Waals surface area (Å²) in [5.41, 5.74) is 5.48. The van der Waals surface area contributed by atoms with Gasteiger partial charge in [0.2, 0.25) is 5.82 Å². The smallest absolute Gasteiger partial charge is 0.335 e. The van der Waals surface area contributed by atoms with Gasteiger partial charge in [0.1, 0.15) is 12.4 Å². The molecule has 0 unspecified atom stereocenters. The molecule has 14 heteroatoms. The van der Waals surface area contributed by atoms with Crippen LogP contribution >= 0.6 is 11.6 Å². The first-order valence-electron chi connectivity index (χ1n) is 13.7. The molecule has 0 bridgehead atoms. The molecule has 3 N–H and O–H groups in total. The second-order valence-corrected chi connectivity index (χ2v) is 9.95. The summed E-state index contributed by atoms with van der Waals surface area (Å²) in [4.78, 5) is 28.8. The van der Waals surface area contributed by atoms with Crippen molar-refractivity contribution in [3.05, 3.63) is 116 Å². The maximum absolute atomic E-state index is 10.4. The molecule has 0 radical (unpaired) electrons. The van der Waals surface area contributed by atoms with Gasteiger partial charge in [-0.05, 0) is 46.0 Å². The number of nitrogens with zero attached hydrogens (tertiary/aromatic N) is 6. The fourth-order valence-corrected chi connectivity index (χ4v) is 4.68. The zero-order chi connectivity index (χ0) is 31.5. The van der Waals surface area contributed by atoms with Gasteiger partial charge in [-0.15, -0.1) is 20.3 Å². The lowest BCUT2D eigenvalue weighted by Gasteiger charge is -2.12. The number of aliphatic hydroxyl groups is 1. The number of unbranched alkanes of at least 4 members (excludes halogenated alkanes) is 1. The lowest BCUT2D eigenvalue weighted by Crippen LogP contribution is -2.09. The fourth-order valence-electron chi connectivity index (χ4n) is 4.42. The summed E-state index contributed by atoms with van der Waals surface area (Å²) < 4.78 is 2.03. The summed E-state index contributed by atoms with van der Waals surface area (Å²) in [6.07, 6.45) is 2.95. The van der Waals surface area contributed by atoms with E-state index in [9.17, 15) is 20.0 Å². The van der Waals surface area contributed by atoms with Crippen molar-refractivity contribution in [2.45, 2.75) is 45.9 Å². The Hall–Kier alpha value is -5.14. The number of aromatic amines is 1. The minimum atomic E-state index is -1.04. The van der Waals surface area contributed by atoms with Crippen LogP contribution < -0.4 is 0 Å². The lowest BCUT2D eigenvalue weighted by molar-refractivity contribution is -0.763. The molecule has 0 saturated heterocycles. The molecule has 0 atom stereocenters. The Labute approximate surface area is 257 Å². The third kappa shape index (κ3) is 8.24. The van der Waals surface area contributed by atoms with Crippen LogP contribution in [0.2, 0.25) is 5.15 Å². The molecule has 0 amide bonds. The van der Waals surface area contributed by atoms with Crippen molar-refractivity contribution in [1.29, 1.82) is 0 Å². The van der Waals surface area contributed by atoms with Crippen molar-refractivity contribution < 1.29 is 24.9 Å². The number of hydrogen-bond acceptors (Lipinski definition) is 9. The van der Waals surface area contributed by atoms with Crippen LogP contribution in [0.15, 0.2) is 72.8 Å². The average Bonchev–Trinajstić information content (AvgIpc) is 3.68. The molecule has 228 valence electrons. The van der Waals surface area contributed by atoms with Crippen LogP contribution in [0.4, 0.5) is 0 Å². The van der Waals surface area contributed by atoms with Crippen LogP contribution in [-0.4, -0.2) is 51.4 Å². The van der Waals surface area contributed by atoms with Crippen molar-refractivity contribution in [3.8, 4) is 22.5 Å².